The highest BCUT2D eigenvalue weighted by Crippen LogP contribution is 2.24. The number of anilines is 2. The number of carbonyl (C=O) groups is 1. The van der Waals surface area contributed by atoms with Crippen molar-refractivity contribution in [2.45, 2.75) is 13.8 Å². The molecule has 7 heteroatoms. The summed E-state index contributed by atoms with van der Waals surface area (Å²) >= 11 is 0. The number of rotatable bonds is 3. The highest BCUT2D eigenvalue weighted by molar-refractivity contribution is 6.24. The van der Waals surface area contributed by atoms with Gasteiger partial charge in [0.15, 0.2) is 0 Å². The highest BCUT2D eigenvalue weighted by Gasteiger charge is 2.28. The second-order valence-electron chi connectivity index (χ2n) is 5.17. The highest BCUT2D eigenvalue weighted by atomic mass is 16.5. The van der Waals surface area contributed by atoms with Crippen LogP contribution in [0.15, 0.2) is 35.3 Å². The average Bonchev–Trinajstić information content (AvgIpc) is 2.87. The van der Waals surface area contributed by atoms with E-state index in [9.17, 15) is 4.79 Å². The third kappa shape index (κ3) is 3.13. The Morgan fingerprint density at radius 1 is 1.17 bits per heavy atom. The van der Waals surface area contributed by atoms with E-state index in [1.165, 1.54) is 4.90 Å². The van der Waals surface area contributed by atoms with Crippen LogP contribution in [0, 0.1) is 13.8 Å². The molecular formula is C16H17N5O2. The monoisotopic (exact) mass is 311 g/mol. The van der Waals surface area contributed by atoms with Gasteiger partial charge in [0.25, 0.3) is 5.91 Å². The van der Waals surface area contributed by atoms with E-state index in [1.807, 2.05) is 38.1 Å². The number of aryl methyl sites for hydroxylation is 2. The Hall–Kier alpha value is -2.96. The van der Waals surface area contributed by atoms with E-state index in [0.717, 1.165) is 11.4 Å². The summed E-state index contributed by atoms with van der Waals surface area (Å²) in [7, 11) is 1.58. The van der Waals surface area contributed by atoms with E-state index >= 15 is 0 Å². The van der Waals surface area contributed by atoms with Gasteiger partial charge >= 0.3 is 0 Å². The lowest BCUT2D eigenvalue weighted by atomic mass is 10.2. The van der Waals surface area contributed by atoms with Gasteiger partial charge < -0.3 is 4.74 Å². The number of benzene rings is 1. The fourth-order valence-corrected chi connectivity index (χ4v) is 2.40. The number of ether oxygens (including phenoxy) is 1. The van der Waals surface area contributed by atoms with Gasteiger partial charge in [-0.2, -0.15) is 0 Å². The molecule has 1 aromatic heterocycles. The molecule has 1 amide bonds. The van der Waals surface area contributed by atoms with Gasteiger partial charge in [-0.1, -0.05) is 6.07 Å². The molecule has 0 saturated heterocycles. The lowest BCUT2D eigenvalue weighted by Crippen LogP contribution is -2.37. The van der Waals surface area contributed by atoms with Crippen LogP contribution in [0.5, 0.6) is 5.75 Å². The first kappa shape index (κ1) is 15.0. The van der Waals surface area contributed by atoms with Crippen molar-refractivity contribution in [2.24, 2.45) is 4.99 Å². The van der Waals surface area contributed by atoms with Crippen LogP contribution in [-0.2, 0) is 4.79 Å². The van der Waals surface area contributed by atoms with E-state index in [4.69, 9.17) is 4.74 Å². The summed E-state index contributed by atoms with van der Waals surface area (Å²) in [6, 6.07) is 9.13. The molecule has 0 fully saturated rings. The second kappa shape index (κ2) is 6.04. The molecule has 23 heavy (non-hydrogen) atoms. The number of amides is 1. The van der Waals surface area contributed by atoms with Crippen molar-refractivity contribution in [3.63, 3.8) is 0 Å². The van der Waals surface area contributed by atoms with Crippen molar-refractivity contribution in [3.05, 3.63) is 41.7 Å². The molecule has 0 bridgehead atoms. The van der Waals surface area contributed by atoms with E-state index in [-0.39, 0.29) is 12.5 Å². The number of methoxy groups -OCH3 is 1. The van der Waals surface area contributed by atoms with Gasteiger partial charge in [-0.25, -0.2) is 19.9 Å². The number of hydrogen-bond acceptors (Lipinski definition) is 6. The summed E-state index contributed by atoms with van der Waals surface area (Å²) in [4.78, 5) is 26.6. The summed E-state index contributed by atoms with van der Waals surface area (Å²) in [6.45, 7) is 3.87. The SMILES string of the molecule is COc1cccc(N2C(=O)CN=C2Nc2nc(C)cc(C)n2)c1. The quantitative estimate of drug-likeness (QED) is 0.936. The molecule has 1 N–H and O–H groups in total. The van der Waals surface area contributed by atoms with Crippen LogP contribution in [0.3, 0.4) is 0 Å². The van der Waals surface area contributed by atoms with Crippen LogP contribution >= 0.6 is 0 Å². The fourth-order valence-electron chi connectivity index (χ4n) is 2.40. The predicted octanol–water partition coefficient (Wildman–Crippen LogP) is 1.92. The molecule has 1 aliphatic rings. The Morgan fingerprint density at radius 3 is 2.61 bits per heavy atom. The third-order valence-electron chi connectivity index (χ3n) is 3.34. The van der Waals surface area contributed by atoms with Crippen molar-refractivity contribution in [1.82, 2.24) is 9.97 Å². The summed E-state index contributed by atoms with van der Waals surface area (Å²) in [5.74, 6) is 1.38. The largest absolute Gasteiger partial charge is 0.497 e. The number of aliphatic imine (C=N–C) groups is 1. The summed E-state index contributed by atoms with van der Waals surface area (Å²) in [6.07, 6.45) is 0. The summed E-state index contributed by atoms with van der Waals surface area (Å²) < 4.78 is 5.21. The number of carbonyl (C=O) groups excluding carboxylic acids is 1. The normalized spacial score (nSPS) is 14.0. The molecule has 1 aromatic carbocycles. The fraction of sp³-hybridized carbons (Fsp3) is 0.250. The zero-order valence-electron chi connectivity index (χ0n) is 13.2. The molecule has 0 unspecified atom stereocenters. The molecule has 118 valence electrons. The zero-order valence-corrected chi connectivity index (χ0v) is 13.2. The van der Waals surface area contributed by atoms with Gasteiger partial charge in [-0.15, -0.1) is 0 Å². The molecule has 2 aromatic rings. The van der Waals surface area contributed by atoms with Crippen molar-refractivity contribution in [2.75, 3.05) is 23.9 Å². The summed E-state index contributed by atoms with van der Waals surface area (Å²) in [5.41, 5.74) is 2.37. The molecule has 0 saturated carbocycles. The van der Waals surface area contributed by atoms with Gasteiger partial charge in [0, 0.05) is 17.5 Å². The average molecular weight is 311 g/mol. The van der Waals surface area contributed by atoms with Crippen molar-refractivity contribution < 1.29 is 9.53 Å². The van der Waals surface area contributed by atoms with E-state index in [1.54, 1.807) is 13.2 Å². The Labute approximate surface area is 134 Å². The van der Waals surface area contributed by atoms with E-state index in [0.29, 0.717) is 23.3 Å². The topological polar surface area (TPSA) is 79.7 Å². The molecule has 2 heterocycles. The van der Waals surface area contributed by atoms with Gasteiger partial charge in [0.1, 0.15) is 12.3 Å². The van der Waals surface area contributed by atoms with Gasteiger partial charge in [-0.05, 0) is 32.0 Å². The second-order valence-corrected chi connectivity index (χ2v) is 5.17. The number of nitrogens with one attached hydrogen (secondary N) is 1. The maximum atomic E-state index is 12.2. The standard InChI is InChI=1S/C16H17N5O2/c1-10-7-11(2)19-15(18-10)20-16-17-9-14(22)21(16)12-5-4-6-13(8-12)23-3/h4-8H,9H2,1-3H3,(H,17,18,19,20). The minimum absolute atomic E-state index is 0.0876. The first-order chi connectivity index (χ1) is 11.1. The molecule has 0 aliphatic carbocycles. The van der Waals surface area contributed by atoms with Crippen LogP contribution in [0.1, 0.15) is 11.4 Å². The molecule has 1 aliphatic heterocycles. The van der Waals surface area contributed by atoms with Crippen molar-refractivity contribution >= 4 is 23.5 Å². The Balaban J connectivity index is 1.90. The molecular weight excluding hydrogens is 294 g/mol. The van der Waals surface area contributed by atoms with Gasteiger partial charge in [-0.3, -0.25) is 10.1 Å². The first-order valence-electron chi connectivity index (χ1n) is 7.17. The first-order valence-corrected chi connectivity index (χ1v) is 7.17. The Morgan fingerprint density at radius 2 is 1.91 bits per heavy atom. The molecule has 7 nitrogen and oxygen atoms in total. The van der Waals surface area contributed by atoms with Crippen molar-refractivity contribution in [1.29, 1.82) is 0 Å². The molecule has 3 rings (SSSR count). The predicted molar refractivity (Wildman–Crippen MR) is 87.9 cm³/mol. The Kier molecular flexibility index (Phi) is 3.92. The van der Waals surface area contributed by atoms with Gasteiger partial charge in [0.05, 0.1) is 12.8 Å². The smallest absolute Gasteiger partial charge is 0.255 e. The van der Waals surface area contributed by atoms with Crippen LogP contribution in [0.2, 0.25) is 0 Å². The van der Waals surface area contributed by atoms with Gasteiger partial charge in [0.2, 0.25) is 11.9 Å². The van der Waals surface area contributed by atoms with E-state index < -0.39 is 0 Å². The molecule has 0 radical (unpaired) electrons. The lowest BCUT2D eigenvalue weighted by molar-refractivity contribution is -0.115. The zero-order chi connectivity index (χ0) is 16.4. The van der Waals surface area contributed by atoms with Crippen LogP contribution < -0.4 is 15.0 Å². The number of nitrogens with zero attached hydrogens (tertiary/aromatic N) is 4. The van der Waals surface area contributed by atoms with Crippen molar-refractivity contribution in [3.8, 4) is 5.75 Å². The van der Waals surface area contributed by atoms with Crippen LogP contribution in [-0.4, -0.2) is 35.5 Å². The molecule has 0 atom stereocenters. The Bertz CT molecular complexity index is 768. The van der Waals surface area contributed by atoms with Crippen LogP contribution in [0.25, 0.3) is 0 Å². The minimum atomic E-state index is -0.120. The summed E-state index contributed by atoms with van der Waals surface area (Å²) in [5, 5.41) is 3.03. The number of guanidine groups is 1. The maximum Gasteiger partial charge on any atom is 0.255 e. The lowest BCUT2D eigenvalue weighted by Gasteiger charge is -2.19. The number of aromatic nitrogens is 2. The molecule has 0 spiro atoms. The number of hydrogen-bond donors (Lipinski definition) is 1. The third-order valence-corrected chi connectivity index (χ3v) is 3.34. The van der Waals surface area contributed by atoms with E-state index in [2.05, 4.69) is 20.3 Å². The minimum Gasteiger partial charge on any atom is -0.497 e. The van der Waals surface area contributed by atoms with Crippen LogP contribution in [0.4, 0.5) is 11.6 Å². The maximum absolute atomic E-state index is 12.2.